The van der Waals surface area contributed by atoms with E-state index in [1.807, 2.05) is 6.92 Å². The van der Waals surface area contributed by atoms with Gasteiger partial charge in [0.2, 0.25) is 0 Å². The number of nitrogens with zero attached hydrogens (tertiary/aromatic N) is 1. The fraction of sp³-hybridized carbons (Fsp3) is 0.500. The number of carboxylic acid groups (broad SMARTS) is 1. The van der Waals surface area contributed by atoms with Gasteiger partial charge in [-0.15, -0.1) is 0 Å². The SMILES string of the molecule is CCN(CCC(=O)O)C(=O)c1ccc(OCC2CC2)cc1. The molecule has 1 fully saturated rings. The molecule has 0 radical (unpaired) electrons. The molecule has 2 rings (SSSR count). The number of carbonyl (C=O) groups is 2. The second-order valence-corrected chi connectivity index (χ2v) is 5.31. The molecule has 0 aromatic heterocycles. The molecule has 5 nitrogen and oxygen atoms in total. The Morgan fingerprint density at radius 1 is 1.29 bits per heavy atom. The molecule has 1 aromatic rings. The number of aliphatic carboxylic acids is 1. The fourth-order valence-corrected chi connectivity index (χ4v) is 2.01. The topological polar surface area (TPSA) is 66.8 Å². The van der Waals surface area contributed by atoms with Gasteiger partial charge < -0.3 is 14.7 Å². The summed E-state index contributed by atoms with van der Waals surface area (Å²) in [4.78, 5) is 24.4. The summed E-state index contributed by atoms with van der Waals surface area (Å²) in [5.74, 6) is 0.419. The Hall–Kier alpha value is -2.04. The standard InChI is InChI=1S/C16H21NO4/c1-2-17(10-9-15(18)19)16(20)13-5-7-14(8-6-13)21-11-12-3-4-12/h5-8,12H,2-4,9-11H2,1H3,(H,18,19). The van der Waals surface area contributed by atoms with Crippen LogP contribution < -0.4 is 4.74 Å². The first-order valence-corrected chi connectivity index (χ1v) is 7.34. The lowest BCUT2D eigenvalue weighted by atomic mass is 10.2. The van der Waals surface area contributed by atoms with Crippen molar-refractivity contribution in [2.24, 2.45) is 5.92 Å². The first-order valence-electron chi connectivity index (χ1n) is 7.34. The Kier molecular flexibility index (Phi) is 5.20. The maximum absolute atomic E-state index is 12.3. The molecule has 1 aliphatic carbocycles. The van der Waals surface area contributed by atoms with Crippen molar-refractivity contribution in [2.75, 3.05) is 19.7 Å². The molecule has 5 heteroatoms. The van der Waals surface area contributed by atoms with Gasteiger partial charge in [0.05, 0.1) is 13.0 Å². The Bertz CT molecular complexity index is 494. The lowest BCUT2D eigenvalue weighted by molar-refractivity contribution is -0.137. The molecule has 1 N–H and O–H groups in total. The molecular weight excluding hydrogens is 270 g/mol. The van der Waals surface area contributed by atoms with E-state index in [-0.39, 0.29) is 18.9 Å². The van der Waals surface area contributed by atoms with Crippen molar-refractivity contribution in [3.8, 4) is 5.75 Å². The number of amides is 1. The summed E-state index contributed by atoms with van der Waals surface area (Å²) in [5, 5.41) is 8.70. The maximum atomic E-state index is 12.3. The number of ether oxygens (including phenoxy) is 1. The maximum Gasteiger partial charge on any atom is 0.305 e. The summed E-state index contributed by atoms with van der Waals surface area (Å²) in [6.45, 7) is 3.30. The Morgan fingerprint density at radius 2 is 1.95 bits per heavy atom. The number of hydrogen-bond acceptors (Lipinski definition) is 3. The number of carboxylic acids is 1. The van der Waals surface area contributed by atoms with Gasteiger partial charge in [0.25, 0.3) is 5.91 Å². The molecule has 1 aliphatic rings. The van der Waals surface area contributed by atoms with Crippen LogP contribution in [0.1, 0.15) is 36.5 Å². The van der Waals surface area contributed by atoms with Gasteiger partial charge >= 0.3 is 5.97 Å². The van der Waals surface area contributed by atoms with Crippen molar-refractivity contribution >= 4 is 11.9 Å². The monoisotopic (exact) mass is 291 g/mol. The summed E-state index contributed by atoms with van der Waals surface area (Å²) >= 11 is 0. The van der Waals surface area contributed by atoms with Crippen LogP contribution in [0.3, 0.4) is 0 Å². The lowest BCUT2D eigenvalue weighted by Crippen LogP contribution is -2.32. The Balaban J connectivity index is 1.91. The van der Waals surface area contributed by atoms with Gasteiger partial charge in [-0.1, -0.05) is 0 Å². The first-order chi connectivity index (χ1) is 10.1. The zero-order valence-corrected chi connectivity index (χ0v) is 12.2. The highest BCUT2D eigenvalue weighted by Gasteiger charge is 2.22. The molecular formula is C16H21NO4. The molecule has 0 aliphatic heterocycles. The van der Waals surface area contributed by atoms with Crippen molar-refractivity contribution in [2.45, 2.75) is 26.2 Å². The van der Waals surface area contributed by atoms with Gasteiger partial charge in [-0.25, -0.2) is 0 Å². The summed E-state index contributed by atoms with van der Waals surface area (Å²) in [5.41, 5.74) is 0.556. The van der Waals surface area contributed by atoms with Gasteiger partial charge in [0, 0.05) is 18.7 Å². The van der Waals surface area contributed by atoms with E-state index in [4.69, 9.17) is 9.84 Å². The van der Waals surface area contributed by atoms with Gasteiger partial charge in [0.1, 0.15) is 5.75 Å². The summed E-state index contributed by atoms with van der Waals surface area (Å²) in [7, 11) is 0. The second-order valence-electron chi connectivity index (χ2n) is 5.31. The molecule has 1 saturated carbocycles. The average molecular weight is 291 g/mol. The van der Waals surface area contributed by atoms with Crippen molar-refractivity contribution < 1.29 is 19.4 Å². The third-order valence-electron chi connectivity index (χ3n) is 3.55. The molecule has 0 unspecified atom stereocenters. The number of hydrogen-bond donors (Lipinski definition) is 1. The van der Waals surface area contributed by atoms with Gasteiger partial charge in [-0.05, 0) is 49.9 Å². The molecule has 0 saturated heterocycles. The molecule has 0 atom stereocenters. The van der Waals surface area contributed by atoms with Crippen molar-refractivity contribution in [1.82, 2.24) is 4.90 Å². The van der Waals surface area contributed by atoms with Crippen LogP contribution in [0.2, 0.25) is 0 Å². The minimum absolute atomic E-state index is 0.0395. The highest BCUT2D eigenvalue weighted by molar-refractivity contribution is 5.94. The van der Waals surface area contributed by atoms with E-state index in [0.717, 1.165) is 12.4 Å². The molecule has 1 amide bonds. The van der Waals surface area contributed by atoms with Crippen molar-refractivity contribution in [3.63, 3.8) is 0 Å². The summed E-state index contributed by atoms with van der Waals surface area (Å²) in [6, 6.07) is 7.04. The normalized spacial score (nSPS) is 13.8. The third kappa shape index (κ3) is 4.77. The predicted octanol–water partition coefficient (Wildman–Crippen LogP) is 2.41. The highest BCUT2D eigenvalue weighted by Crippen LogP contribution is 2.29. The summed E-state index contributed by atoms with van der Waals surface area (Å²) in [6.07, 6.45) is 2.44. The zero-order chi connectivity index (χ0) is 15.2. The van der Waals surface area contributed by atoms with E-state index < -0.39 is 5.97 Å². The van der Waals surface area contributed by atoms with E-state index in [9.17, 15) is 9.59 Å². The fourth-order valence-electron chi connectivity index (χ4n) is 2.01. The van der Waals surface area contributed by atoms with E-state index >= 15 is 0 Å². The Morgan fingerprint density at radius 3 is 2.48 bits per heavy atom. The largest absolute Gasteiger partial charge is 0.493 e. The molecule has 0 heterocycles. The van der Waals surface area contributed by atoms with E-state index in [0.29, 0.717) is 18.0 Å². The van der Waals surface area contributed by atoms with E-state index in [2.05, 4.69) is 0 Å². The molecule has 0 spiro atoms. The average Bonchev–Trinajstić information content (AvgIpc) is 3.30. The second kappa shape index (κ2) is 7.11. The number of rotatable bonds is 8. The molecule has 21 heavy (non-hydrogen) atoms. The van der Waals surface area contributed by atoms with Crippen LogP contribution in [0.4, 0.5) is 0 Å². The van der Waals surface area contributed by atoms with Crippen LogP contribution in [-0.2, 0) is 4.79 Å². The van der Waals surface area contributed by atoms with Crippen LogP contribution in [0, 0.1) is 5.92 Å². The van der Waals surface area contributed by atoms with Crippen LogP contribution in [0.25, 0.3) is 0 Å². The summed E-state index contributed by atoms with van der Waals surface area (Å²) < 4.78 is 5.63. The van der Waals surface area contributed by atoms with Gasteiger partial charge in [-0.2, -0.15) is 0 Å². The van der Waals surface area contributed by atoms with E-state index in [1.165, 1.54) is 17.7 Å². The lowest BCUT2D eigenvalue weighted by Gasteiger charge is -2.20. The quantitative estimate of drug-likeness (QED) is 0.798. The van der Waals surface area contributed by atoms with Crippen LogP contribution in [-0.4, -0.2) is 41.6 Å². The van der Waals surface area contributed by atoms with Gasteiger partial charge in [-0.3, -0.25) is 9.59 Å². The molecule has 114 valence electrons. The minimum atomic E-state index is -0.898. The number of benzene rings is 1. The van der Waals surface area contributed by atoms with Crippen LogP contribution >= 0.6 is 0 Å². The zero-order valence-electron chi connectivity index (χ0n) is 12.2. The number of carbonyl (C=O) groups excluding carboxylic acids is 1. The van der Waals surface area contributed by atoms with Crippen molar-refractivity contribution in [1.29, 1.82) is 0 Å². The smallest absolute Gasteiger partial charge is 0.305 e. The first kappa shape index (κ1) is 15.4. The van der Waals surface area contributed by atoms with E-state index in [1.54, 1.807) is 24.3 Å². The van der Waals surface area contributed by atoms with Crippen LogP contribution in [0.15, 0.2) is 24.3 Å². The highest BCUT2D eigenvalue weighted by atomic mass is 16.5. The molecule has 0 bridgehead atoms. The Labute approximate surface area is 124 Å². The molecule has 1 aromatic carbocycles. The third-order valence-corrected chi connectivity index (χ3v) is 3.55. The van der Waals surface area contributed by atoms with Crippen LogP contribution in [0.5, 0.6) is 5.75 Å². The predicted molar refractivity (Wildman–Crippen MR) is 78.5 cm³/mol. The minimum Gasteiger partial charge on any atom is -0.493 e. The van der Waals surface area contributed by atoms with Crippen molar-refractivity contribution in [3.05, 3.63) is 29.8 Å². The van der Waals surface area contributed by atoms with Gasteiger partial charge in [0.15, 0.2) is 0 Å².